The lowest BCUT2D eigenvalue weighted by molar-refractivity contribution is 0.354. The molecule has 0 aromatic heterocycles. The van der Waals surface area contributed by atoms with Crippen LogP contribution in [0, 0.1) is 5.82 Å². The van der Waals surface area contributed by atoms with Crippen LogP contribution in [0.3, 0.4) is 0 Å². The molecule has 0 aliphatic carbocycles. The summed E-state index contributed by atoms with van der Waals surface area (Å²) in [6.45, 7) is 0. The van der Waals surface area contributed by atoms with Gasteiger partial charge >= 0.3 is 0 Å². The monoisotopic (exact) mass is 353 g/mol. The summed E-state index contributed by atoms with van der Waals surface area (Å²) in [4.78, 5) is 0. The van der Waals surface area contributed by atoms with E-state index >= 15 is 0 Å². The Morgan fingerprint density at radius 1 is 1.10 bits per heavy atom. The van der Waals surface area contributed by atoms with Crippen LogP contribution in [-0.4, -0.2) is 14.2 Å². The number of methoxy groups -OCH3 is 2. The molecule has 0 amide bonds. The summed E-state index contributed by atoms with van der Waals surface area (Å²) in [5.74, 6) is 1.01. The van der Waals surface area contributed by atoms with Crippen LogP contribution in [0.15, 0.2) is 40.9 Å². The molecule has 0 aliphatic heterocycles. The summed E-state index contributed by atoms with van der Waals surface area (Å²) < 4.78 is 24.6. The molecule has 0 radical (unpaired) electrons. The molecular weight excluding hydrogens is 337 g/mol. The second-order valence-corrected chi connectivity index (χ2v) is 5.52. The molecule has 1 unspecified atom stereocenters. The smallest absolute Gasteiger partial charge is 0.161 e. The molecule has 2 N–H and O–H groups in total. The van der Waals surface area contributed by atoms with Crippen molar-refractivity contribution in [2.24, 2.45) is 5.73 Å². The van der Waals surface area contributed by atoms with Gasteiger partial charge in [0.05, 0.1) is 14.2 Å². The Morgan fingerprint density at radius 2 is 1.81 bits per heavy atom. The Labute approximate surface area is 132 Å². The van der Waals surface area contributed by atoms with E-state index in [1.807, 2.05) is 18.2 Å². The zero-order valence-corrected chi connectivity index (χ0v) is 13.5. The first-order chi connectivity index (χ1) is 10.0. The van der Waals surface area contributed by atoms with Crippen molar-refractivity contribution >= 4 is 15.9 Å². The van der Waals surface area contributed by atoms with Crippen LogP contribution in [0.4, 0.5) is 4.39 Å². The molecule has 0 saturated heterocycles. The molecule has 0 bridgehead atoms. The van der Waals surface area contributed by atoms with Crippen molar-refractivity contribution in [2.45, 2.75) is 12.5 Å². The maximum absolute atomic E-state index is 13.3. The summed E-state index contributed by atoms with van der Waals surface area (Å²) in [6.07, 6.45) is 0.522. The van der Waals surface area contributed by atoms with Crippen molar-refractivity contribution in [3.8, 4) is 11.5 Å². The molecule has 2 aromatic rings. The molecule has 3 nitrogen and oxygen atoms in total. The minimum absolute atomic E-state index is 0.261. The van der Waals surface area contributed by atoms with Crippen LogP contribution in [0.2, 0.25) is 0 Å². The van der Waals surface area contributed by atoms with Crippen LogP contribution in [-0.2, 0) is 6.42 Å². The fourth-order valence-electron chi connectivity index (χ4n) is 2.14. The van der Waals surface area contributed by atoms with E-state index in [2.05, 4.69) is 15.9 Å². The zero-order chi connectivity index (χ0) is 15.4. The van der Waals surface area contributed by atoms with Gasteiger partial charge in [-0.25, -0.2) is 4.39 Å². The predicted molar refractivity (Wildman–Crippen MR) is 84.3 cm³/mol. The highest BCUT2D eigenvalue weighted by Crippen LogP contribution is 2.31. The number of nitrogens with two attached hydrogens (primary N) is 1. The van der Waals surface area contributed by atoms with Crippen molar-refractivity contribution in [1.29, 1.82) is 0 Å². The number of hydrogen-bond acceptors (Lipinski definition) is 3. The highest BCUT2D eigenvalue weighted by atomic mass is 79.9. The third kappa shape index (κ3) is 3.74. The minimum atomic E-state index is -0.271. The molecule has 2 rings (SSSR count). The first-order valence-corrected chi connectivity index (χ1v) is 7.26. The van der Waals surface area contributed by atoms with Gasteiger partial charge in [-0.1, -0.05) is 22.0 Å². The van der Waals surface area contributed by atoms with E-state index < -0.39 is 0 Å². The highest BCUT2D eigenvalue weighted by Gasteiger charge is 2.13. The zero-order valence-electron chi connectivity index (χ0n) is 11.9. The topological polar surface area (TPSA) is 44.5 Å². The summed E-state index contributed by atoms with van der Waals surface area (Å²) >= 11 is 3.42. The van der Waals surface area contributed by atoms with Gasteiger partial charge in [-0.2, -0.15) is 0 Å². The number of benzene rings is 2. The average Bonchev–Trinajstić information content (AvgIpc) is 2.50. The summed E-state index contributed by atoms with van der Waals surface area (Å²) in [7, 11) is 3.16. The normalized spacial score (nSPS) is 12.0. The number of rotatable bonds is 5. The van der Waals surface area contributed by atoms with Gasteiger partial charge in [0, 0.05) is 10.5 Å². The van der Waals surface area contributed by atoms with Gasteiger partial charge in [0.2, 0.25) is 0 Å². The Balaban J connectivity index is 2.24. The van der Waals surface area contributed by atoms with E-state index in [1.54, 1.807) is 20.3 Å². The molecular formula is C16H17BrFNO2. The second-order valence-electron chi connectivity index (χ2n) is 4.66. The fourth-order valence-corrected chi connectivity index (χ4v) is 2.55. The van der Waals surface area contributed by atoms with E-state index in [9.17, 15) is 4.39 Å². The van der Waals surface area contributed by atoms with E-state index in [0.717, 1.165) is 15.6 Å². The molecule has 2 aromatic carbocycles. The third-order valence-corrected chi connectivity index (χ3v) is 4.06. The van der Waals surface area contributed by atoms with E-state index in [4.69, 9.17) is 15.2 Å². The maximum Gasteiger partial charge on any atom is 0.161 e. The average molecular weight is 354 g/mol. The Kier molecular flexibility index (Phi) is 5.20. The molecule has 5 heteroatoms. The van der Waals surface area contributed by atoms with Crippen molar-refractivity contribution in [3.05, 3.63) is 57.8 Å². The van der Waals surface area contributed by atoms with Crippen molar-refractivity contribution in [1.82, 2.24) is 0 Å². The first kappa shape index (κ1) is 15.8. The van der Waals surface area contributed by atoms with Gasteiger partial charge in [0.15, 0.2) is 11.5 Å². The predicted octanol–water partition coefficient (Wildman–Crippen LogP) is 3.85. The first-order valence-electron chi connectivity index (χ1n) is 6.46. The molecule has 0 heterocycles. The van der Waals surface area contributed by atoms with Crippen molar-refractivity contribution in [3.63, 3.8) is 0 Å². The second kappa shape index (κ2) is 6.91. The Hall–Kier alpha value is -1.59. The summed E-state index contributed by atoms with van der Waals surface area (Å²) in [6, 6.07) is 9.87. The number of ether oxygens (including phenoxy) is 2. The molecule has 0 fully saturated rings. The van der Waals surface area contributed by atoms with E-state index in [1.165, 1.54) is 12.1 Å². The van der Waals surface area contributed by atoms with Crippen LogP contribution in [0.25, 0.3) is 0 Å². The lowest BCUT2D eigenvalue weighted by atomic mass is 9.99. The van der Waals surface area contributed by atoms with Gasteiger partial charge in [-0.3, -0.25) is 0 Å². The van der Waals surface area contributed by atoms with Gasteiger partial charge in [-0.15, -0.1) is 0 Å². The Morgan fingerprint density at radius 3 is 2.48 bits per heavy atom. The molecule has 112 valence electrons. The van der Waals surface area contributed by atoms with Gasteiger partial charge in [0.1, 0.15) is 5.82 Å². The highest BCUT2D eigenvalue weighted by molar-refractivity contribution is 9.10. The SMILES string of the molecule is COc1ccc(C(N)Cc2cc(F)ccc2Br)cc1OC. The quantitative estimate of drug-likeness (QED) is 0.887. The van der Waals surface area contributed by atoms with Crippen LogP contribution in [0.1, 0.15) is 17.2 Å². The van der Waals surface area contributed by atoms with E-state index in [-0.39, 0.29) is 11.9 Å². The molecule has 0 saturated carbocycles. The summed E-state index contributed by atoms with van der Waals surface area (Å²) in [5.41, 5.74) is 7.96. The third-order valence-electron chi connectivity index (χ3n) is 3.28. The van der Waals surface area contributed by atoms with Crippen molar-refractivity contribution < 1.29 is 13.9 Å². The van der Waals surface area contributed by atoms with Crippen molar-refractivity contribution in [2.75, 3.05) is 14.2 Å². The van der Waals surface area contributed by atoms with Crippen LogP contribution in [0.5, 0.6) is 11.5 Å². The lowest BCUT2D eigenvalue weighted by Gasteiger charge is -2.16. The van der Waals surface area contributed by atoms with Crippen LogP contribution >= 0.6 is 15.9 Å². The van der Waals surface area contributed by atoms with Gasteiger partial charge < -0.3 is 15.2 Å². The van der Waals surface area contributed by atoms with Crippen LogP contribution < -0.4 is 15.2 Å². The molecule has 1 atom stereocenters. The molecule has 0 aliphatic rings. The fraction of sp³-hybridized carbons (Fsp3) is 0.250. The molecule has 0 spiro atoms. The van der Waals surface area contributed by atoms with Gasteiger partial charge in [0.25, 0.3) is 0 Å². The molecule has 21 heavy (non-hydrogen) atoms. The Bertz CT molecular complexity index is 634. The number of hydrogen-bond donors (Lipinski definition) is 1. The maximum atomic E-state index is 13.3. The lowest BCUT2D eigenvalue weighted by Crippen LogP contribution is -2.14. The minimum Gasteiger partial charge on any atom is -0.493 e. The summed E-state index contributed by atoms with van der Waals surface area (Å²) in [5, 5.41) is 0. The van der Waals surface area contributed by atoms with E-state index in [0.29, 0.717) is 17.9 Å². The van der Waals surface area contributed by atoms with Gasteiger partial charge in [-0.05, 0) is 47.9 Å². The number of halogens is 2. The standard InChI is InChI=1S/C16H17BrFNO2/c1-20-15-6-3-10(9-16(15)21-2)14(19)8-11-7-12(18)4-5-13(11)17/h3-7,9,14H,8,19H2,1-2H3. The largest absolute Gasteiger partial charge is 0.493 e.